The highest BCUT2D eigenvalue weighted by Gasteiger charge is 2.23. The molecule has 6 heteroatoms. The molecule has 1 N–H and O–H groups in total. The molecule has 0 amide bonds. The lowest BCUT2D eigenvalue weighted by Crippen LogP contribution is -2.34. The molecule has 0 fully saturated rings. The van der Waals surface area contributed by atoms with E-state index < -0.39 is 10.0 Å². The molecule has 0 aromatic heterocycles. The van der Waals surface area contributed by atoms with Crippen LogP contribution >= 0.6 is 0 Å². The first-order valence-electron chi connectivity index (χ1n) is 6.65. The fourth-order valence-electron chi connectivity index (χ4n) is 1.95. The molecule has 0 saturated heterocycles. The van der Waals surface area contributed by atoms with E-state index in [1.54, 1.807) is 19.2 Å². The lowest BCUT2D eigenvalue weighted by molar-refractivity contribution is 0.358. The Kier molecular flexibility index (Phi) is 6.13. The van der Waals surface area contributed by atoms with E-state index in [9.17, 15) is 8.42 Å². The van der Waals surface area contributed by atoms with Gasteiger partial charge in [-0.05, 0) is 45.3 Å². The summed E-state index contributed by atoms with van der Waals surface area (Å²) in [6, 6.07) is 5.42. The number of rotatable bonds is 7. The summed E-state index contributed by atoms with van der Waals surface area (Å²) in [4.78, 5) is 2.36. The molecule has 5 nitrogen and oxygen atoms in total. The van der Waals surface area contributed by atoms with Crippen molar-refractivity contribution in [3.63, 3.8) is 0 Å². The van der Waals surface area contributed by atoms with Gasteiger partial charge in [-0.3, -0.25) is 0 Å². The number of sulfonamides is 1. The quantitative estimate of drug-likeness (QED) is 0.813. The number of benzene rings is 1. The van der Waals surface area contributed by atoms with Crippen molar-refractivity contribution in [3.05, 3.63) is 29.3 Å². The van der Waals surface area contributed by atoms with E-state index in [1.165, 1.54) is 4.31 Å². The fraction of sp³-hybridized carbons (Fsp3) is 0.571. The van der Waals surface area contributed by atoms with Gasteiger partial charge in [-0.1, -0.05) is 12.1 Å². The van der Waals surface area contributed by atoms with Crippen molar-refractivity contribution in [2.24, 2.45) is 0 Å². The maximum absolute atomic E-state index is 12.6. The van der Waals surface area contributed by atoms with Gasteiger partial charge in [0.25, 0.3) is 0 Å². The minimum Gasteiger partial charge on any atom is -0.316 e. The van der Waals surface area contributed by atoms with Crippen LogP contribution in [-0.4, -0.2) is 58.9 Å². The molecule has 20 heavy (non-hydrogen) atoms. The molecule has 0 spiro atoms. The summed E-state index contributed by atoms with van der Waals surface area (Å²) >= 11 is 0. The van der Waals surface area contributed by atoms with Gasteiger partial charge in [0, 0.05) is 26.7 Å². The molecule has 1 aromatic carbocycles. The van der Waals surface area contributed by atoms with Crippen LogP contribution in [0.3, 0.4) is 0 Å². The monoisotopic (exact) mass is 299 g/mol. The van der Waals surface area contributed by atoms with Crippen LogP contribution in [0, 0.1) is 6.92 Å². The van der Waals surface area contributed by atoms with Gasteiger partial charge in [-0.15, -0.1) is 0 Å². The van der Waals surface area contributed by atoms with Gasteiger partial charge in [0.1, 0.15) is 0 Å². The number of likely N-dealkylation sites (N-methyl/N-ethyl adjacent to an activating group) is 2. The van der Waals surface area contributed by atoms with Crippen molar-refractivity contribution in [2.75, 3.05) is 41.3 Å². The molecule has 0 radical (unpaired) electrons. The molecule has 0 atom stereocenters. The van der Waals surface area contributed by atoms with Crippen LogP contribution in [-0.2, 0) is 16.6 Å². The Hall–Kier alpha value is -0.950. The second kappa shape index (κ2) is 7.17. The first kappa shape index (κ1) is 17.1. The van der Waals surface area contributed by atoms with Crippen LogP contribution in [0.15, 0.2) is 23.1 Å². The minimum absolute atomic E-state index is 0.395. The summed E-state index contributed by atoms with van der Waals surface area (Å²) in [7, 11) is 3.91. The van der Waals surface area contributed by atoms with E-state index in [-0.39, 0.29) is 0 Å². The Balaban J connectivity index is 3.06. The topological polar surface area (TPSA) is 52.7 Å². The second-order valence-corrected chi connectivity index (χ2v) is 7.21. The summed E-state index contributed by atoms with van der Waals surface area (Å²) < 4.78 is 26.6. The van der Waals surface area contributed by atoms with Gasteiger partial charge >= 0.3 is 0 Å². The molecule has 0 unspecified atom stereocenters. The van der Waals surface area contributed by atoms with Crippen molar-refractivity contribution in [1.82, 2.24) is 14.5 Å². The van der Waals surface area contributed by atoms with Crippen molar-refractivity contribution in [1.29, 1.82) is 0 Å². The van der Waals surface area contributed by atoms with Gasteiger partial charge in [-0.2, -0.15) is 4.31 Å². The smallest absolute Gasteiger partial charge is 0.243 e. The Morgan fingerprint density at radius 2 is 1.80 bits per heavy atom. The Morgan fingerprint density at radius 1 is 1.15 bits per heavy atom. The van der Waals surface area contributed by atoms with E-state index in [0.29, 0.717) is 24.5 Å². The van der Waals surface area contributed by atoms with Crippen molar-refractivity contribution < 1.29 is 8.42 Å². The average Bonchev–Trinajstić information content (AvgIpc) is 2.38. The molecular formula is C14H25N3O2S. The van der Waals surface area contributed by atoms with Gasteiger partial charge in [0.15, 0.2) is 0 Å². The minimum atomic E-state index is -3.43. The van der Waals surface area contributed by atoms with Crippen molar-refractivity contribution >= 4 is 10.0 Å². The summed E-state index contributed by atoms with van der Waals surface area (Å²) in [6.45, 7) is 3.70. The van der Waals surface area contributed by atoms with Gasteiger partial charge in [-0.25, -0.2) is 8.42 Å². The number of hydrogen-bond acceptors (Lipinski definition) is 4. The molecule has 114 valence electrons. The van der Waals surface area contributed by atoms with Crippen LogP contribution in [0.1, 0.15) is 11.1 Å². The van der Waals surface area contributed by atoms with Crippen LogP contribution in [0.25, 0.3) is 0 Å². The van der Waals surface area contributed by atoms with Crippen LogP contribution in [0.5, 0.6) is 0 Å². The zero-order valence-corrected chi connectivity index (χ0v) is 13.8. The van der Waals surface area contributed by atoms with Gasteiger partial charge < -0.3 is 10.2 Å². The third-order valence-corrected chi connectivity index (χ3v) is 5.32. The van der Waals surface area contributed by atoms with E-state index in [1.807, 2.05) is 39.0 Å². The number of hydrogen-bond donors (Lipinski definition) is 1. The van der Waals surface area contributed by atoms with Crippen molar-refractivity contribution in [3.8, 4) is 0 Å². The molecule has 0 aliphatic carbocycles. The highest BCUT2D eigenvalue weighted by atomic mass is 32.2. The normalized spacial score (nSPS) is 12.3. The molecule has 1 rings (SSSR count). The third kappa shape index (κ3) is 4.02. The van der Waals surface area contributed by atoms with Crippen LogP contribution in [0.2, 0.25) is 0 Å². The van der Waals surface area contributed by atoms with E-state index >= 15 is 0 Å². The van der Waals surface area contributed by atoms with Crippen LogP contribution in [0.4, 0.5) is 0 Å². The number of nitrogens with one attached hydrogen (secondary N) is 1. The highest BCUT2D eigenvalue weighted by molar-refractivity contribution is 7.89. The zero-order chi connectivity index (χ0) is 15.3. The highest BCUT2D eigenvalue weighted by Crippen LogP contribution is 2.21. The van der Waals surface area contributed by atoms with Gasteiger partial charge in [0.2, 0.25) is 10.0 Å². The maximum atomic E-state index is 12.6. The summed E-state index contributed by atoms with van der Waals surface area (Å²) in [5.41, 5.74) is 1.83. The Bertz CT molecular complexity index is 541. The third-order valence-electron chi connectivity index (χ3n) is 3.31. The standard InChI is InChI=1S/C14H25N3O2S/c1-12-13(11-15-2)7-6-8-14(12)20(18,19)17(5)10-9-16(3)4/h6-8,15H,9-11H2,1-5H3. The predicted molar refractivity (Wildman–Crippen MR) is 82.3 cm³/mol. The van der Waals surface area contributed by atoms with E-state index in [2.05, 4.69) is 5.32 Å². The predicted octanol–water partition coefficient (Wildman–Crippen LogP) is 0.897. The SMILES string of the molecule is CNCc1cccc(S(=O)(=O)N(C)CCN(C)C)c1C. The second-order valence-electron chi connectivity index (χ2n) is 5.20. The average molecular weight is 299 g/mol. The number of nitrogens with zero attached hydrogens (tertiary/aromatic N) is 2. The summed E-state index contributed by atoms with van der Waals surface area (Å²) in [5, 5.41) is 3.06. The molecule has 0 aliphatic heterocycles. The lowest BCUT2D eigenvalue weighted by Gasteiger charge is -2.21. The molecule has 0 heterocycles. The first-order valence-corrected chi connectivity index (χ1v) is 8.09. The van der Waals surface area contributed by atoms with E-state index in [0.717, 1.165) is 11.1 Å². The zero-order valence-electron chi connectivity index (χ0n) is 13.0. The summed E-state index contributed by atoms with van der Waals surface area (Å²) in [6.07, 6.45) is 0. The van der Waals surface area contributed by atoms with Gasteiger partial charge in [0.05, 0.1) is 4.90 Å². The first-order chi connectivity index (χ1) is 9.30. The molecule has 0 bridgehead atoms. The van der Waals surface area contributed by atoms with Crippen molar-refractivity contribution in [2.45, 2.75) is 18.4 Å². The summed E-state index contributed by atoms with van der Waals surface area (Å²) in [5.74, 6) is 0. The molecule has 0 aliphatic rings. The maximum Gasteiger partial charge on any atom is 0.243 e. The molecule has 0 saturated carbocycles. The Morgan fingerprint density at radius 3 is 2.35 bits per heavy atom. The molecular weight excluding hydrogens is 274 g/mol. The fourth-order valence-corrected chi connectivity index (χ4v) is 3.38. The largest absolute Gasteiger partial charge is 0.316 e. The Labute approximate surface area is 122 Å². The lowest BCUT2D eigenvalue weighted by atomic mass is 10.1. The molecule has 1 aromatic rings. The van der Waals surface area contributed by atoms with Crippen LogP contribution < -0.4 is 5.32 Å². The van der Waals surface area contributed by atoms with E-state index in [4.69, 9.17) is 0 Å².